The smallest absolute Gasteiger partial charge is 0.0931 e. The Kier molecular flexibility index (Phi) is 2.40. The van der Waals surface area contributed by atoms with Crippen LogP contribution in [0.25, 0.3) is 11.0 Å². The SMILES string of the molecule is Cc1nc2c(C(C)(C)C#N)c[nH]c2cc1Cl. The van der Waals surface area contributed by atoms with E-state index in [4.69, 9.17) is 16.9 Å². The van der Waals surface area contributed by atoms with Crippen molar-refractivity contribution in [2.45, 2.75) is 26.2 Å². The predicted molar refractivity (Wildman–Crippen MR) is 64.5 cm³/mol. The zero-order valence-corrected chi connectivity index (χ0v) is 10.2. The lowest BCUT2D eigenvalue weighted by Gasteiger charge is -2.13. The van der Waals surface area contributed by atoms with Crippen molar-refractivity contribution in [2.24, 2.45) is 0 Å². The number of aromatic amines is 1. The highest BCUT2D eigenvalue weighted by Gasteiger charge is 2.24. The van der Waals surface area contributed by atoms with Gasteiger partial charge in [0.05, 0.1) is 33.2 Å². The fraction of sp³-hybridized carbons (Fsp3) is 0.333. The van der Waals surface area contributed by atoms with Gasteiger partial charge in [0.2, 0.25) is 0 Å². The Morgan fingerprint density at radius 3 is 2.81 bits per heavy atom. The molecule has 2 rings (SSSR count). The molecule has 0 bridgehead atoms. The molecule has 0 fully saturated rings. The topological polar surface area (TPSA) is 52.5 Å². The van der Waals surface area contributed by atoms with Gasteiger partial charge in [0.1, 0.15) is 0 Å². The minimum absolute atomic E-state index is 0.550. The maximum Gasteiger partial charge on any atom is 0.0931 e. The molecule has 2 aromatic rings. The van der Waals surface area contributed by atoms with Crippen LogP contribution in [0.15, 0.2) is 12.3 Å². The van der Waals surface area contributed by atoms with Crippen LogP contribution in [-0.4, -0.2) is 9.97 Å². The summed E-state index contributed by atoms with van der Waals surface area (Å²) < 4.78 is 0. The Labute approximate surface area is 99.1 Å². The molecule has 0 aromatic carbocycles. The molecule has 0 saturated carbocycles. The molecule has 0 aliphatic heterocycles. The minimum Gasteiger partial charge on any atom is -0.359 e. The monoisotopic (exact) mass is 233 g/mol. The minimum atomic E-state index is -0.550. The van der Waals surface area contributed by atoms with E-state index >= 15 is 0 Å². The van der Waals surface area contributed by atoms with Gasteiger partial charge in [-0.05, 0) is 26.8 Å². The highest BCUT2D eigenvalue weighted by atomic mass is 35.5. The number of nitrogens with one attached hydrogen (secondary N) is 1. The van der Waals surface area contributed by atoms with Gasteiger partial charge in [-0.3, -0.25) is 0 Å². The maximum absolute atomic E-state index is 9.13. The summed E-state index contributed by atoms with van der Waals surface area (Å²) in [5.41, 5.74) is 2.84. The first-order chi connectivity index (χ1) is 7.45. The average Bonchev–Trinajstić information content (AvgIpc) is 2.62. The third-order valence-electron chi connectivity index (χ3n) is 2.73. The molecule has 3 nitrogen and oxygen atoms in total. The Hall–Kier alpha value is -1.53. The molecule has 0 unspecified atom stereocenters. The van der Waals surface area contributed by atoms with Gasteiger partial charge in [0, 0.05) is 11.8 Å². The van der Waals surface area contributed by atoms with Gasteiger partial charge in [-0.25, -0.2) is 4.98 Å². The summed E-state index contributed by atoms with van der Waals surface area (Å²) in [5, 5.41) is 9.77. The van der Waals surface area contributed by atoms with E-state index in [9.17, 15) is 0 Å². The second-order valence-corrected chi connectivity index (χ2v) is 4.80. The molecule has 0 aliphatic rings. The molecule has 2 heterocycles. The van der Waals surface area contributed by atoms with E-state index in [1.165, 1.54) is 0 Å². The Morgan fingerprint density at radius 1 is 1.50 bits per heavy atom. The third-order valence-corrected chi connectivity index (χ3v) is 3.11. The number of nitriles is 1. The van der Waals surface area contributed by atoms with Gasteiger partial charge in [-0.2, -0.15) is 5.26 Å². The molecule has 82 valence electrons. The summed E-state index contributed by atoms with van der Waals surface area (Å²) >= 11 is 6.00. The van der Waals surface area contributed by atoms with Crippen molar-refractivity contribution in [3.05, 3.63) is 28.5 Å². The van der Waals surface area contributed by atoms with Crippen LogP contribution >= 0.6 is 11.6 Å². The lowest BCUT2D eigenvalue weighted by atomic mass is 9.87. The third kappa shape index (κ3) is 1.56. The van der Waals surface area contributed by atoms with E-state index in [1.807, 2.05) is 33.0 Å². The molecule has 0 aliphatic carbocycles. The summed E-state index contributed by atoms with van der Waals surface area (Å²) in [6.45, 7) is 5.61. The number of halogens is 1. The number of nitrogens with zero attached hydrogens (tertiary/aromatic N) is 2. The molecule has 0 atom stereocenters. The van der Waals surface area contributed by atoms with E-state index in [0.29, 0.717) is 5.02 Å². The van der Waals surface area contributed by atoms with Gasteiger partial charge in [-0.1, -0.05) is 11.6 Å². The van der Waals surface area contributed by atoms with Crippen molar-refractivity contribution in [1.82, 2.24) is 9.97 Å². The van der Waals surface area contributed by atoms with Crippen molar-refractivity contribution in [1.29, 1.82) is 5.26 Å². The largest absolute Gasteiger partial charge is 0.359 e. The molecular weight excluding hydrogens is 222 g/mol. The number of aromatic nitrogens is 2. The van der Waals surface area contributed by atoms with Gasteiger partial charge < -0.3 is 4.98 Å². The summed E-state index contributed by atoms with van der Waals surface area (Å²) in [7, 11) is 0. The fourth-order valence-electron chi connectivity index (χ4n) is 1.65. The number of fused-ring (bicyclic) bond motifs is 1. The molecular formula is C12H12ClN3. The van der Waals surface area contributed by atoms with E-state index in [2.05, 4.69) is 16.0 Å². The Morgan fingerprint density at radius 2 is 2.19 bits per heavy atom. The average molecular weight is 234 g/mol. The van der Waals surface area contributed by atoms with Crippen molar-refractivity contribution >= 4 is 22.6 Å². The first kappa shape index (κ1) is 11.0. The number of hydrogen-bond donors (Lipinski definition) is 1. The number of aryl methyl sites for hydroxylation is 1. The van der Waals surface area contributed by atoms with Crippen LogP contribution in [0.3, 0.4) is 0 Å². The van der Waals surface area contributed by atoms with Gasteiger partial charge in [0.25, 0.3) is 0 Å². The van der Waals surface area contributed by atoms with Crippen LogP contribution in [0.1, 0.15) is 25.1 Å². The molecule has 0 radical (unpaired) electrons. The summed E-state index contributed by atoms with van der Waals surface area (Å²) in [6, 6.07) is 4.12. The predicted octanol–water partition coefficient (Wildman–Crippen LogP) is 3.33. The zero-order valence-electron chi connectivity index (χ0n) is 9.43. The van der Waals surface area contributed by atoms with Crippen molar-refractivity contribution in [3.8, 4) is 6.07 Å². The molecule has 2 aromatic heterocycles. The zero-order chi connectivity index (χ0) is 11.9. The van der Waals surface area contributed by atoms with E-state index in [0.717, 1.165) is 22.3 Å². The van der Waals surface area contributed by atoms with Gasteiger partial charge >= 0.3 is 0 Å². The number of hydrogen-bond acceptors (Lipinski definition) is 2. The Balaban J connectivity index is 2.76. The van der Waals surface area contributed by atoms with Crippen LogP contribution in [0.4, 0.5) is 0 Å². The molecule has 4 heteroatoms. The van der Waals surface area contributed by atoms with Gasteiger partial charge in [0.15, 0.2) is 0 Å². The van der Waals surface area contributed by atoms with Crippen LogP contribution in [-0.2, 0) is 5.41 Å². The van der Waals surface area contributed by atoms with Crippen LogP contribution in [0, 0.1) is 18.3 Å². The quantitative estimate of drug-likeness (QED) is 0.822. The molecule has 0 spiro atoms. The fourth-order valence-corrected chi connectivity index (χ4v) is 1.80. The number of pyridine rings is 1. The van der Waals surface area contributed by atoms with E-state index in [-0.39, 0.29) is 0 Å². The van der Waals surface area contributed by atoms with Crippen molar-refractivity contribution in [2.75, 3.05) is 0 Å². The summed E-state index contributed by atoms with van der Waals surface area (Å²) in [4.78, 5) is 7.53. The van der Waals surface area contributed by atoms with Crippen LogP contribution in [0.5, 0.6) is 0 Å². The highest BCUT2D eigenvalue weighted by Crippen LogP contribution is 2.30. The van der Waals surface area contributed by atoms with Crippen LogP contribution in [0.2, 0.25) is 5.02 Å². The van der Waals surface area contributed by atoms with E-state index < -0.39 is 5.41 Å². The molecule has 1 N–H and O–H groups in total. The van der Waals surface area contributed by atoms with Gasteiger partial charge in [-0.15, -0.1) is 0 Å². The van der Waals surface area contributed by atoms with Crippen molar-refractivity contribution < 1.29 is 0 Å². The maximum atomic E-state index is 9.13. The lowest BCUT2D eigenvalue weighted by molar-refractivity contribution is 0.692. The van der Waals surface area contributed by atoms with E-state index in [1.54, 1.807) is 0 Å². The highest BCUT2D eigenvalue weighted by molar-refractivity contribution is 6.31. The summed E-state index contributed by atoms with van der Waals surface area (Å²) in [6.07, 6.45) is 1.83. The second-order valence-electron chi connectivity index (χ2n) is 4.39. The molecule has 0 saturated heterocycles. The first-order valence-corrected chi connectivity index (χ1v) is 5.39. The summed E-state index contributed by atoms with van der Waals surface area (Å²) in [5.74, 6) is 0. The standard InChI is InChI=1S/C12H12ClN3/c1-7-9(13)4-10-11(16-7)8(5-15-10)12(2,3)6-14/h4-5,15H,1-3H3. The van der Waals surface area contributed by atoms with Crippen molar-refractivity contribution in [3.63, 3.8) is 0 Å². The lowest BCUT2D eigenvalue weighted by Crippen LogP contribution is -2.13. The molecule has 0 amide bonds. The normalized spacial score (nSPS) is 11.7. The Bertz CT molecular complexity index is 590. The second kappa shape index (κ2) is 3.50. The number of rotatable bonds is 1. The van der Waals surface area contributed by atoms with Crippen LogP contribution < -0.4 is 0 Å². The first-order valence-electron chi connectivity index (χ1n) is 5.01. The molecule has 16 heavy (non-hydrogen) atoms. The number of H-pyrrole nitrogens is 1.